The lowest BCUT2D eigenvalue weighted by Crippen LogP contribution is -2.42. The summed E-state index contributed by atoms with van der Waals surface area (Å²) < 4.78 is 0. The van der Waals surface area contributed by atoms with E-state index in [0.717, 1.165) is 45.1 Å². The zero-order chi connectivity index (χ0) is 15.1. The van der Waals surface area contributed by atoms with Crippen molar-refractivity contribution in [2.24, 2.45) is 11.8 Å². The Kier molecular flexibility index (Phi) is 6.49. The highest BCUT2D eigenvalue weighted by Gasteiger charge is 2.25. The van der Waals surface area contributed by atoms with E-state index in [1.54, 1.807) is 0 Å². The van der Waals surface area contributed by atoms with Crippen LogP contribution in [0.3, 0.4) is 0 Å². The lowest BCUT2D eigenvalue weighted by atomic mass is 9.82. The van der Waals surface area contributed by atoms with Gasteiger partial charge in [0, 0.05) is 6.04 Å². The minimum atomic E-state index is -0.659. The zero-order valence-corrected chi connectivity index (χ0v) is 12.8. The molecule has 2 saturated carbocycles. The fourth-order valence-electron chi connectivity index (χ4n) is 3.53. The smallest absolute Gasteiger partial charge is 0.306 e. The van der Waals surface area contributed by atoms with Crippen LogP contribution < -0.4 is 10.6 Å². The van der Waals surface area contributed by atoms with Gasteiger partial charge in [-0.1, -0.05) is 19.3 Å². The van der Waals surface area contributed by atoms with Crippen molar-refractivity contribution in [1.82, 2.24) is 10.6 Å². The van der Waals surface area contributed by atoms with E-state index in [1.165, 1.54) is 19.3 Å². The van der Waals surface area contributed by atoms with E-state index in [9.17, 15) is 9.59 Å². The Hall–Kier alpha value is -1.10. The van der Waals surface area contributed by atoms with Gasteiger partial charge in [-0.25, -0.2) is 0 Å². The first kappa shape index (κ1) is 16.3. The second kappa shape index (κ2) is 8.37. The Morgan fingerprint density at radius 3 is 2.24 bits per heavy atom. The van der Waals surface area contributed by atoms with E-state index < -0.39 is 5.97 Å². The fraction of sp³-hybridized carbons (Fsp3) is 0.875. The molecule has 5 nitrogen and oxygen atoms in total. The van der Waals surface area contributed by atoms with Gasteiger partial charge in [0.15, 0.2) is 0 Å². The predicted molar refractivity (Wildman–Crippen MR) is 81.0 cm³/mol. The molecule has 0 unspecified atom stereocenters. The average molecular weight is 296 g/mol. The molecule has 21 heavy (non-hydrogen) atoms. The van der Waals surface area contributed by atoms with Crippen molar-refractivity contribution >= 4 is 11.9 Å². The number of rotatable bonds is 6. The minimum Gasteiger partial charge on any atom is -0.481 e. The summed E-state index contributed by atoms with van der Waals surface area (Å²) in [6.07, 6.45) is 9.43. The molecule has 2 aliphatic carbocycles. The van der Waals surface area contributed by atoms with Crippen molar-refractivity contribution in [2.45, 2.75) is 63.8 Å². The summed E-state index contributed by atoms with van der Waals surface area (Å²) in [5.74, 6) is -0.201. The van der Waals surface area contributed by atoms with Crippen LogP contribution >= 0.6 is 0 Å². The van der Waals surface area contributed by atoms with Crippen molar-refractivity contribution in [3.8, 4) is 0 Å². The summed E-state index contributed by atoms with van der Waals surface area (Å²) in [5.41, 5.74) is 0. The van der Waals surface area contributed by atoms with Gasteiger partial charge in [-0.05, 0) is 51.0 Å². The number of carbonyl (C=O) groups excluding carboxylic acids is 1. The van der Waals surface area contributed by atoms with Gasteiger partial charge in [-0.2, -0.15) is 0 Å². The number of hydrogen-bond donors (Lipinski definition) is 3. The number of hydrogen-bond acceptors (Lipinski definition) is 3. The monoisotopic (exact) mass is 296 g/mol. The van der Waals surface area contributed by atoms with Crippen LogP contribution in [0, 0.1) is 11.8 Å². The van der Waals surface area contributed by atoms with E-state index in [4.69, 9.17) is 5.11 Å². The van der Waals surface area contributed by atoms with Gasteiger partial charge >= 0.3 is 5.97 Å². The third-order valence-corrected chi connectivity index (χ3v) is 4.88. The van der Waals surface area contributed by atoms with Crippen LogP contribution in [-0.4, -0.2) is 36.1 Å². The van der Waals surface area contributed by atoms with Gasteiger partial charge in [-0.15, -0.1) is 0 Å². The highest BCUT2D eigenvalue weighted by Crippen LogP contribution is 2.28. The summed E-state index contributed by atoms with van der Waals surface area (Å²) in [7, 11) is 0. The van der Waals surface area contributed by atoms with Gasteiger partial charge in [-0.3, -0.25) is 9.59 Å². The van der Waals surface area contributed by atoms with Crippen LogP contribution in [-0.2, 0) is 9.59 Å². The molecular weight excluding hydrogens is 268 g/mol. The van der Waals surface area contributed by atoms with Crippen LogP contribution in [0.2, 0.25) is 0 Å². The van der Waals surface area contributed by atoms with E-state index >= 15 is 0 Å². The molecule has 0 aliphatic heterocycles. The van der Waals surface area contributed by atoms with Gasteiger partial charge in [0.25, 0.3) is 0 Å². The summed E-state index contributed by atoms with van der Waals surface area (Å²) in [6.45, 7) is 1.21. The maximum Gasteiger partial charge on any atom is 0.306 e. The van der Waals surface area contributed by atoms with Crippen LogP contribution in [0.1, 0.15) is 57.8 Å². The molecule has 1 amide bonds. The molecule has 0 aromatic rings. The molecule has 0 aromatic carbocycles. The van der Waals surface area contributed by atoms with Crippen LogP contribution in [0.15, 0.2) is 0 Å². The minimum absolute atomic E-state index is 0.0983. The number of carboxylic acids is 1. The Balaban J connectivity index is 1.55. The second-order valence-electron chi connectivity index (χ2n) is 6.59. The predicted octanol–water partition coefficient (Wildman–Crippen LogP) is 1.92. The molecule has 2 aliphatic rings. The summed E-state index contributed by atoms with van der Waals surface area (Å²) in [6, 6.07) is 0.374. The maximum absolute atomic E-state index is 11.8. The Labute approximate surface area is 126 Å². The number of carbonyl (C=O) groups is 2. The number of carboxylic acid groups (broad SMARTS) is 1. The number of amides is 1. The first-order valence-electron chi connectivity index (χ1n) is 8.38. The normalized spacial score (nSPS) is 27.2. The van der Waals surface area contributed by atoms with Crippen LogP contribution in [0.25, 0.3) is 0 Å². The molecule has 0 radical (unpaired) electrons. The van der Waals surface area contributed by atoms with Crippen molar-refractivity contribution in [3.63, 3.8) is 0 Å². The highest BCUT2D eigenvalue weighted by molar-refractivity contribution is 5.78. The van der Waals surface area contributed by atoms with E-state index in [-0.39, 0.29) is 11.8 Å². The van der Waals surface area contributed by atoms with Crippen molar-refractivity contribution < 1.29 is 14.7 Å². The molecule has 0 bridgehead atoms. The average Bonchev–Trinajstić information content (AvgIpc) is 2.49. The van der Waals surface area contributed by atoms with E-state index in [2.05, 4.69) is 10.6 Å². The van der Waals surface area contributed by atoms with Crippen molar-refractivity contribution in [2.75, 3.05) is 13.1 Å². The third kappa shape index (κ3) is 5.65. The van der Waals surface area contributed by atoms with Crippen LogP contribution in [0.4, 0.5) is 0 Å². The lowest BCUT2D eigenvalue weighted by Gasteiger charge is -2.26. The molecule has 3 N–H and O–H groups in total. The third-order valence-electron chi connectivity index (χ3n) is 4.88. The molecule has 120 valence electrons. The van der Waals surface area contributed by atoms with E-state index in [1.807, 2.05) is 0 Å². The molecule has 0 atom stereocenters. The van der Waals surface area contributed by atoms with Crippen LogP contribution in [0.5, 0.6) is 0 Å². The first-order valence-corrected chi connectivity index (χ1v) is 8.38. The zero-order valence-electron chi connectivity index (χ0n) is 12.8. The summed E-state index contributed by atoms with van der Waals surface area (Å²) >= 11 is 0. The number of aliphatic carboxylic acids is 1. The molecule has 2 rings (SSSR count). The SMILES string of the molecule is O=C(CNCC1CCC(C(=O)O)CC1)NC1CCCCC1. The van der Waals surface area contributed by atoms with Crippen molar-refractivity contribution in [3.05, 3.63) is 0 Å². The summed E-state index contributed by atoms with van der Waals surface area (Å²) in [5, 5.41) is 15.3. The fourth-order valence-corrected chi connectivity index (χ4v) is 3.53. The standard InChI is InChI=1S/C16H28N2O3/c19-15(18-14-4-2-1-3-5-14)11-17-10-12-6-8-13(9-7-12)16(20)21/h12-14,17H,1-11H2,(H,18,19)(H,20,21). The first-order chi connectivity index (χ1) is 10.1. The quantitative estimate of drug-likeness (QED) is 0.699. The van der Waals surface area contributed by atoms with E-state index in [0.29, 0.717) is 18.5 Å². The lowest BCUT2D eigenvalue weighted by molar-refractivity contribution is -0.143. The highest BCUT2D eigenvalue weighted by atomic mass is 16.4. The molecular formula is C16H28N2O3. The topological polar surface area (TPSA) is 78.4 Å². The second-order valence-corrected chi connectivity index (χ2v) is 6.59. The van der Waals surface area contributed by atoms with Gasteiger partial charge in [0.2, 0.25) is 5.91 Å². The molecule has 0 heterocycles. The maximum atomic E-state index is 11.8. The summed E-state index contributed by atoms with van der Waals surface area (Å²) in [4.78, 5) is 22.7. The van der Waals surface area contributed by atoms with Gasteiger partial charge in [0.1, 0.15) is 0 Å². The largest absolute Gasteiger partial charge is 0.481 e. The van der Waals surface area contributed by atoms with Gasteiger partial charge < -0.3 is 15.7 Å². The Bertz CT molecular complexity index is 345. The molecule has 0 aromatic heterocycles. The molecule has 5 heteroatoms. The Morgan fingerprint density at radius 1 is 0.952 bits per heavy atom. The van der Waals surface area contributed by atoms with Gasteiger partial charge in [0.05, 0.1) is 12.5 Å². The number of nitrogens with one attached hydrogen (secondary N) is 2. The molecule has 0 saturated heterocycles. The molecule has 0 spiro atoms. The Morgan fingerprint density at radius 2 is 1.62 bits per heavy atom. The molecule has 2 fully saturated rings. The van der Waals surface area contributed by atoms with Crippen molar-refractivity contribution in [1.29, 1.82) is 0 Å².